The zero-order valence-corrected chi connectivity index (χ0v) is 9.49. The molecule has 11 heavy (non-hydrogen) atoms. The molecule has 1 aromatic rings. The first-order valence-electron chi connectivity index (χ1n) is 2.70. The number of nitrogens with zero attached hydrogens (tertiary/aromatic N) is 1. The number of aromatic nitrogens is 1. The van der Waals surface area contributed by atoms with Crippen LogP contribution in [0.2, 0.25) is 5.15 Å². The van der Waals surface area contributed by atoms with Gasteiger partial charge < -0.3 is 4.74 Å². The average molecular weight is 301 g/mol. The lowest BCUT2D eigenvalue weighted by Crippen LogP contribution is -1.88. The molecule has 0 unspecified atom stereocenters. The Hall–Kier alpha value is 0.200. The highest BCUT2D eigenvalue weighted by molar-refractivity contribution is 9.11. The van der Waals surface area contributed by atoms with Crippen molar-refractivity contribution in [1.82, 2.24) is 4.98 Å². The SMILES string of the molecule is COc1c(Br)cc(Br)nc1Cl. The van der Waals surface area contributed by atoms with Gasteiger partial charge in [0.25, 0.3) is 0 Å². The maximum absolute atomic E-state index is 5.74. The van der Waals surface area contributed by atoms with Gasteiger partial charge in [-0.1, -0.05) is 11.6 Å². The largest absolute Gasteiger partial charge is 0.492 e. The molecule has 0 N–H and O–H groups in total. The van der Waals surface area contributed by atoms with Crippen LogP contribution in [0, 0.1) is 0 Å². The third-order valence-electron chi connectivity index (χ3n) is 1.06. The highest BCUT2D eigenvalue weighted by atomic mass is 79.9. The summed E-state index contributed by atoms with van der Waals surface area (Å²) in [5.41, 5.74) is 0. The van der Waals surface area contributed by atoms with Crippen molar-refractivity contribution in [3.63, 3.8) is 0 Å². The zero-order chi connectivity index (χ0) is 8.43. The van der Waals surface area contributed by atoms with E-state index >= 15 is 0 Å². The summed E-state index contributed by atoms with van der Waals surface area (Å²) in [7, 11) is 1.54. The van der Waals surface area contributed by atoms with Gasteiger partial charge in [-0.25, -0.2) is 4.98 Å². The molecule has 0 aliphatic carbocycles. The fourth-order valence-electron chi connectivity index (χ4n) is 0.627. The Morgan fingerprint density at radius 3 is 2.64 bits per heavy atom. The molecule has 5 heteroatoms. The summed E-state index contributed by atoms with van der Waals surface area (Å²) < 4.78 is 6.43. The van der Waals surface area contributed by atoms with Crippen molar-refractivity contribution in [3.05, 3.63) is 20.3 Å². The lowest BCUT2D eigenvalue weighted by Gasteiger charge is -2.04. The van der Waals surface area contributed by atoms with Gasteiger partial charge in [0.05, 0.1) is 11.6 Å². The molecule has 0 aliphatic heterocycles. The van der Waals surface area contributed by atoms with Crippen LogP contribution in [0.1, 0.15) is 0 Å². The molecular weight excluding hydrogens is 297 g/mol. The minimum atomic E-state index is 0.341. The number of methoxy groups -OCH3 is 1. The molecule has 0 aliphatic rings. The van der Waals surface area contributed by atoms with Crippen molar-refractivity contribution >= 4 is 43.5 Å². The molecule has 0 aromatic carbocycles. The van der Waals surface area contributed by atoms with Crippen LogP contribution in [-0.2, 0) is 0 Å². The van der Waals surface area contributed by atoms with Crippen molar-refractivity contribution in [2.45, 2.75) is 0 Å². The molecule has 0 saturated heterocycles. The van der Waals surface area contributed by atoms with E-state index in [1.165, 1.54) is 0 Å². The van der Waals surface area contributed by atoms with E-state index in [1.54, 1.807) is 13.2 Å². The molecule has 0 fully saturated rings. The fourth-order valence-corrected chi connectivity index (χ4v) is 2.39. The highest BCUT2D eigenvalue weighted by Crippen LogP contribution is 2.32. The number of rotatable bonds is 1. The van der Waals surface area contributed by atoms with E-state index < -0.39 is 0 Å². The molecule has 0 amide bonds. The molecule has 0 atom stereocenters. The summed E-state index contributed by atoms with van der Waals surface area (Å²) >= 11 is 12.2. The van der Waals surface area contributed by atoms with Crippen molar-refractivity contribution < 1.29 is 4.74 Å². The first-order valence-corrected chi connectivity index (χ1v) is 4.67. The van der Waals surface area contributed by atoms with Crippen molar-refractivity contribution in [3.8, 4) is 5.75 Å². The summed E-state index contributed by atoms with van der Waals surface area (Å²) in [6.45, 7) is 0. The van der Waals surface area contributed by atoms with Gasteiger partial charge in [0.1, 0.15) is 4.60 Å². The molecule has 0 spiro atoms. The summed E-state index contributed by atoms with van der Waals surface area (Å²) in [5.74, 6) is 0.551. The van der Waals surface area contributed by atoms with Crippen molar-refractivity contribution in [2.75, 3.05) is 7.11 Å². The van der Waals surface area contributed by atoms with Gasteiger partial charge in [-0.15, -0.1) is 0 Å². The van der Waals surface area contributed by atoms with Crippen molar-refractivity contribution in [2.24, 2.45) is 0 Å². The van der Waals surface area contributed by atoms with Crippen molar-refractivity contribution in [1.29, 1.82) is 0 Å². The summed E-state index contributed by atoms with van der Waals surface area (Å²) in [6, 6.07) is 1.77. The Morgan fingerprint density at radius 2 is 2.18 bits per heavy atom. The quantitative estimate of drug-likeness (QED) is 0.743. The zero-order valence-electron chi connectivity index (χ0n) is 5.57. The number of hydrogen-bond acceptors (Lipinski definition) is 2. The predicted octanol–water partition coefficient (Wildman–Crippen LogP) is 3.27. The van der Waals surface area contributed by atoms with Gasteiger partial charge >= 0.3 is 0 Å². The van der Waals surface area contributed by atoms with Crippen LogP contribution in [0.25, 0.3) is 0 Å². The predicted molar refractivity (Wildman–Crippen MR) is 51.2 cm³/mol. The topological polar surface area (TPSA) is 22.1 Å². The van der Waals surface area contributed by atoms with Crippen LogP contribution < -0.4 is 4.74 Å². The third-order valence-corrected chi connectivity index (χ3v) is 2.31. The lowest BCUT2D eigenvalue weighted by molar-refractivity contribution is 0.410. The monoisotopic (exact) mass is 299 g/mol. The summed E-state index contributed by atoms with van der Waals surface area (Å²) in [6.07, 6.45) is 0. The normalized spacial score (nSPS) is 9.82. The third kappa shape index (κ3) is 2.07. The van der Waals surface area contributed by atoms with E-state index in [9.17, 15) is 0 Å². The maximum Gasteiger partial charge on any atom is 0.173 e. The van der Waals surface area contributed by atoms with Gasteiger partial charge in [-0.3, -0.25) is 0 Å². The van der Waals surface area contributed by atoms with Gasteiger partial charge in [0.15, 0.2) is 10.9 Å². The first kappa shape index (κ1) is 9.29. The average Bonchev–Trinajstić information content (AvgIpc) is 1.85. The second-order valence-corrected chi connectivity index (χ2v) is 3.78. The van der Waals surface area contributed by atoms with E-state index in [0.29, 0.717) is 15.5 Å². The molecule has 1 heterocycles. The highest BCUT2D eigenvalue weighted by Gasteiger charge is 2.07. The number of ether oxygens (including phenoxy) is 1. The second-order valence-electron chi connectivity index (χ2n) is 1.75. The second kappa shape index (κ2) is 3.74. The van der Waals surface area contributed by atoms with E-state index in [-0.39, 0.29) is 0 Å². The minimum Gasteiger partial charge on any atom is -0.492 e. The van der Waals surface area contributed by atoms with Crippen LogP contribution >= 0.6 is 43.5 Å². The molecule has 0 saturated carbocycles. The van der Waals surface area contributed by atoms with E-state index in [4.69, 9.17) is 16.3 Å². The first-order chi connectivity index (χ1) is 5.15. The van der Waals surface area contributed by atoms with Gasteiger partial charge in [0, 0.05) is 0 Å². The number of halogens is 3. The fraction of sp³-hybridized carbons (Fsp3) is 0.167. The Labute approximate surface area is 86.2 Å². The maximum atomic E-state index is 5.74. The Morgan fingerprint density at radius 1 is 1.55 bits per heavy atom. The number of pyridine rings is 1. The molecule has 2 nitrogen and oxygen atoms in total. The lowest BCUT2D eigenvalue weighted by atomic mass is 10.5. The Kier molecular flexibility index (Phi) is 3.16. The van der Waals surface area contributed by atoms with Crippen LogP contribution in [0.15, 0.2) is 15.1 Å². The molecule has 60 valence electrons. The molecule has 0 radical (unpaired) electrons. The summed E-state index contributed by atoms with van der Waals surface area (Å²) in [4.78, 5) is 3.93. The van der Waals surface area contributed by atoms with E-state index in [2.05, 4.69) is 36.8 Å². The van der Waals surface area contributed by atoms with Crippen LogP contribution in [0.4, 0.5) is 0 Å². The molecular formula is C6H4Br2ClNO. The van der Waals surface area contributed by atoms with Gasteiger partial charge in [0.2, 0.25) is 0 Å². The van der Waals surface area contributed by atoms with Gasteiger partial charge in [-0.2, -0.15) is 0 Å². The smallest absolute Gasteiger partial charge is 0.173 e. The van der Waals surface area contributed by atoms with E-state index in [0.717, 1.165) is 4.47 Å². The molecule has 1 aromatic heterocycles. The summed E-state index contributed by atoms with van der Waals surface area (Å²) in [5, 5.41) is 0.341. The Bertz CT molecular complexity index is 256. The number of hydrogen-bond donors (Lipinski definition) is 0. The van der Waals surface area contributed by atoms with Crippen LogP contribution in [0.3, 0.4) is 0 Å². The standard InChI is InChI=1S/C6H4Br2ClNO/c1-11-5-3(7)2-4(8)10-6(5)9/h2H,1H3. The van der Waals surface area contributed by atoms with Crippen LogP contribution in [0.5, 0.6) is 5.75 Å². The van der Waals surface area contributed by atoms with Crippen LogP contribution in [-0.4, -0.2) is 12.1 Å². The minimum absolute atomic E-state index is 0.341. The Balaban J connectivity index is 3.25. The van der Waals surface area contributed by atoms with E-state index in [1.807, 2.05) is 0 Å². The molecule has 0 bridgehead atoms. The van der Waals surface area contributed by atoms with Gasteiger partial charge in [-0.05, 0) is 37.9 Å². The molecule has 1 rings (SSSR count).